The molecule has 38 heavy (non-hydrogen) atoms. The van der Waals surface area contributed by atoms with Crippen LogP contribution in [0.4, 0.5) is 5.69 Å². The zero-order chi connectivity index (χ0) is 25.9. The summed E-state index contributed by atoms with van der Waals surface area (Å²) >= 11 is 0. The number of anilines is 1. The van der Waals surface area contributed by atoms with Crippen molar-refractivity contribution in [3.05, 3.63) is 89.5 Å². The lowest BCUT2D eigenvalue weighted by Gasteiger charge is -2.34. The van der Waals surface area contributed by atoms with Crippen LogP contribution in [0, 0.1) is 0 Å². The van der Waals surface area contributed by atoms with Gasteiger partial charge >= 0.3 is 0 Å². The number of fused-ring (bicyclic) bond motifs is 2. The highest BCUT2D eigenvalue weighted by Crippen LogP contribution is 2.47. The third kappa shape index (κ3) is 4.08. The zero-order valence-corrected chi connectivity index (χ0v) is 22.5. The molecule has 6 nitrogen and oxygen atoms in total. The maximum absolute atomic E-state index is 4.92. The van der Waals surface area contributed by atoms with E-state index in [0.29, 0.717) is 18.1 Å². The first-order valence-corrected chi connectivity index (χ1v) is 14.0. The number of H-pyrrole nitrogens is 2. The molecule has 194 valence electrons. The summed E-state index contributed by atoms with van der Waals surface area (Å²) in [5, 5.41) is 3.57. The number of rotatable bonds is 4. The largest absolute Gasteiger partial charge is 0.357 e. The molecule has 2 saturated heterocycles. The zero-order valence-electron chi connectivity index (χ0n) is 22.5. The van der Waals surface area contributed by atoms with Crippen LogP contribution in [0.15, 0.2) is 67.0 Å². The van der Waals surface area contributed by atoms with Gasteiger partial charge < -0.3 is 20.2 Å². The first-order chi connectivity index (χ1) is 18.4. The third-order valence-corrected chi connectivity index (χ3v) is 8.55. The van der Waals surface area contributed by atoms with Gasteiger partial charge in [-0.25, -0.2) is 9.97 Å². The molecule has 2 fully saturated rings. The van der Waals surface area contributed by atoms with Gasteiger partial charge in [0.15, 0.2) is 0 Å². The van der Waals surface area contributed by atoms with Crippen LogP contribution in [-0.2, 0) is 5.41 Å². The Kier molecular flexibility index (Phi) is 5.55. The van der Waals surface area contributed by atoms with Crippen molar-refractivity contribution in [2.24, 2.45) is 0 Å². The van der Waals surface area contributed by atoms with Crippen LogP contribution < -0.4 is 10.2 Å². The van der Waals surface area contributed by atoms with Crippen molar-refractivity contribution >= 4 is 27.8 Å². The molecule has 0 radical (unpaired) electrons. The molecule has 7 rings (SSSR count). The molecule has 0 bridgehead atoms. The van der Waals surface area contributed by atoms with Crippen LogP contribution in [0.25, 0.3) is 22.1 Å². The topological polar surface area (TPSA) is 72.6 Å². The Bertz CT molecular complexity index is 1580. The average Bonchev–Trinajstić information content (AvgIpc) is 3.72. The van der Waals surface area contributed by atoms with Crippen molar-refractivity contribution in [1.82, 2.24) is 25.3 Å². The molecule has 3 unspecified atom stereocenters. The van der Waals surface area contributed by atoms with E-state index < -0.39 is 0 Å². The lowest BCUT2D eigenvalue weighted by Crippen LogP contribution is -2.26. The van der Waals surface area contributed by atoms with Crippen LogP contribution in [0.5, 0.6) is 0 Å². The van der Waals surface area contributed by atoms with E-state index >= 15 is 0 Å². The van der Waals surface area contributed by atoms with Crippen LogP contribution >= 0.6 is 0 Å². The quantitative estimate of drug-likeness (QED) is 0.241. The third-order valence-electron chi connectivity index (χ3n) is 8.55. The fourth-order valence-corrected chi connectivity index (χ4v) is 6.46. The van der Waals surface area contributed by atoms with Gasteiger partial charge in [-0.05, 0) is 90.7 Å². The number of benzene rings is 3. The standard InChI is InChI=1S/C32H36N6/c1-32(2,3)22-8-10-23(11-9-22)38-29(20-6-12-24-27(17-20)35-19-34-24)14-15-30(38)21-7-13-25-28(18-21)37-31(36-25)26-5-4-16-33-26/h6-13,17-19,26,29-30,33H,4-5,14-16H2,1-3H3,(H,34,35)(H,36,37). The minimum absolute atomic E-state index is 0.130. The lowest BCUT2D eigenvalue weighted by atomic mass is 9.87. The van der Waals surface area contributed by atoms with Crippen molar-refractivity contribution in [3.63, 3.8) is 0 Å². The molecule has 3 N–H and O–H groups in total. The summed E-state index contributed by atoms with van der Waals surface area (Å²) in [4.78, 5) is 18.9. The highest BCUT2D eigenvalue weighted by molar-refractivity contribution is 5.77. The van der Waals surface area contributed by atoms with E-state index in [0.717, 1.165) is 53.7 Å². The van der Waals surface area contributed by atoms with E-state index in [2.05, 4.69) is 107 Å². The van der Waals surface area contributed by atoms with E-state index in [1.807, 2.05) is 0 Å². The summed E-state index contributed by atoms with van der Waals surface area (Å²) < 4.78 is 0. The lowest BCUT2D eigenvalue weighted by molar-refractivity contribution is 0.589. The number of nitrogens with one attached hydrogen (secondary N) is 3. The van der Waals surface area contributed by atoms with Gasteiger partial charge in [0.2, 0.25) is 0 Å². The number of hydrogen-bond donors (Lipinski definition) is 3. The van der Waals surface area contributed by atoms with E-state index in [4.69, 9.17) is 4.98 Å². The van der Waals surface area contributed by atoms with E-state index in [1.54, 1.807) is 6.33 Å². The van der Waals surface area contributed by atoms with Gasteiger partial charge in [0, 0.05) is 5.69 Å². The summed E-state index contributed by atoms with van der Waals surface area (Å²) in [5.41, 5.74) is 9.75. The first-order valence-electron chi connectivity index (χ1n) is 14.0. The number of aromatic nitrogens is 4. The van der Waals surface area contributed by atoms with Gasteiger partial charge in [0.1, 0.15) is 5.82 Å². The number of aromatic amines is 2. The van der Waals surface area contributed by atoms with Gasteiger partial charge in [0.05, 0.1) is 46.5 Å². The Labute approximate surface area is 223 Å². The minimum atomic E-state index is 0.130. The average molecular weight is 505 g/mol. The second-order valence-corrected chi connectivity index (χ2v) is 12.0. The molecular weight excluding hydrogens is 468 g/mol. The van der Waals surface area contributed by atoms with Crippen LogP contribution in [0.1, 0.15) is 87.1 Å². The predicted molar refractivity (Wildman–Crippen MR) is 155 cm³/mol. The van der Waals surface area contributed by atoms with Gasteiger partial charge in [-0.3, -0.25) is 0 Å². The normalized spacial score (nSPS) is 22.2. The Morgan fingerprint density at radius 3 is 2.21 bits per heavy atom. The molecule has 0 spiro atoms. The number of nitrogens with zero attached hydrogens (tertiary/aromatic N) is 3. The summed E-state index contributed by atoms with van der Waals surface area (Å²) in [6.07, 6.45) is 6.34. The monoisotopic (exact) mass is 504 g/mol. The van der Waals surface area contributed by atoms with Crippen molar-refractivity contribution in [2.75, 3.05) is 11.4 Å². The van der Waals surface area contributed by atoms with Crippen molar-refractivity contribution < 1.29 is 0 Å². The molecule has 6 heteroatoms. The molecule has 3 aromatic carbocycles. The summed E-state index contributed by atoms with van der Waals surface area (Å²) in [6.45, 7) is 7.90. The van der Waals surface area contributed by atoms with Crippen molar-refractivity contribution in [3.8, 4) is 0 Å². The Hall–Kier alpha value is -3.64. The molecule has 3 atom stereocenters. The van der Waals surface area contributed by atoms with Gasteiger partial charge in [-0.1, -0.05) is 45.0 Å². The smallest absolute Gasteiger partial charge is 0.124 e. The molecule has 4 heterocycles. The number of imidazole rings is 2. The Balaban J connectivity index is 1.28. The van der Waals surface area contributed by atoms with Gasteiger partial charge in [-0.2, -0.15) is 0 Å². The molecule has 2 aromatic heterocycles. The summed E-state index contributed by atoms with van der Waals surface area (Å²) in [6, 6.07) is 23.7. The van der Waals surface area contributed by atoms with E-state index in [1.165, 1.54) is 28.8 Å². The van der Waals surface area contributed by atoms with Crippen molar-refractivity contribution in [1.29, 1.82) is 0 Å². The maximum Gasteiger partial charge on any atom is 0.124 e. The Morgan fingerprint density at radius 2 is 1.53 bits per heavy atom. The second kappa shape index (κ2) is 8.98. The van der Waals surface area contributed by atoms with Gasteiger partial charge in [0.25, 0.3) is 0 Å². The molecule has 2 aliphatic rings. The highest BCUT2D eigenvalue weighted by atomic mass is 15.2. The Morgan fingerprint density at radius 1 is 0.816 bits per heavy atom. The summed E-state index contributed by atoms with van der Waals surface area (Å²) in [7, 11) is 0. The molecule has 0 amide bonds. The molecule has 5 aromatic rings. The SMILES string of the molecule is CC(C)(C)c1ccc(N2C(c3ccc4nc[nH]c4c3)CCC2c2ccc3nc(C4CCCN4)[nH]c3c2)cc1. The molecule has 2 aliphatic heterocycles. The summed E-state index contributed by atoms with van der Waals surface area (Å²) in [5.74, 6) is 1.07. The van der Waals surface area contributed by atoms with E-state index in [9.17, 15) is 0 Å². The van der Waals surface area contributed by atoms with Crippen molar-refractivity contribution in [2.45, 2.75) is 70.0 Å². The fourth-order valence-electron chi connectivity index (χ4n) is 6.46. The molecule has 0 saturated carbocycles. The predicted octanol–water partition coefficient (Wildman–Crippen LogP) is 7.24. The van der Waals surface area contributed by atoms with E-state index in [-0.39, 0.29) is 5.41 Å². The maximum atomic E-state index is 4.92. The number of hydrogen-bond acceptors (Lipinski definition) is 4. The van der Waals surface area contributed by atoms with Crippen LogP contribution in [0.3, 0.4) is 0 Å². The van der Waals surface area contributed by atoms with Gasteiger partial charge in [-0.15, -0.1) is 0 Å². The highest BCUT2D eigenvalue weighted by Gasteiger charge is 2.36. The second-order valence-electron chi connectivity index (χ2n) is 12.0. The van der Waals surface area contributed by atoms with Crippen LogP contribution in [-0.4, -0.2) is 26.5 Å². The minimum Gasteiger partial charge on any atom is -0.357 e. The first kappa shape index (κ1) is 23.5. The molecular formula is C32H36N6. The molecule has 0 aliphatic carbocycles. The van der Waals surface area contributed by atoms with Crippen LogP contribution in [0.2, 0.25) is 0 Å². The fraction of sp³-hybridized carbons (Fsp3) is 0.375.